The smallest absolute Gasteiger partial charge is 0.306 e. The van der Waals surface area contributed by atoms with E-state index in [2.05, 4.69) is 0 Å². The van der Waals surface area contributed by atoms with Gasteiger partial charge in [-0.25, -0.2) is 0 Å². The lowest BCUT2D eigenvalue weighted by Crippen LogP contribution is -2.33. The minimum absolute atomic E-state index is 0. The summed E-state index contributed by atoms with van der Waals surface area (Å²) in [5.74, 6) is -0.110. The number of carbonyl (C=O) groups is 1. The van der Waals surface area contributed by atoms with Crippen LogP contribution in [0.1, 0.15) is 25.7 Å². The topological polar surface area (TPSA) is 72.5 Å². The minimum Gasteiger partial charge on any atom is -0.481 e. The third-order valence-electron chi connectivity index (χ3n) is 3.43. The van der Waals surface area contributed by atoms with Crippen LogP contribution < -0.4 is 5.73 Å². The predicted octanol–water partition coefficient (Wildman–Crippen LogP) is 1.52. The number of hydrogen-bond acceptors (Lipinski definition) is 3. The van der Waals surface area contributed by atoms with Crippen LogP contribution in [0.2, 0.25) is 0 Å². The zero-order valence-corrected chi connectivity index (χ0v) is 10.5. The summed E-state index contributed by atoms with van der Waals surface area (Å²) in [5.41, 5.74) is 5.64. The van der Waals surface area contributed by atoms with E-state index in [-0.39, 0.29) is 24.2 Å². The monoisotopic (exact) mass is 251 g/mol. The van der Waals surface area contributed by atoms with E-state index in [1.165, 1.54) is 0 Å². The highest BCUT2D eigenvalue weighted by Gasteiger charge is 2.33. The van der Waals surface area contributed by atoms with Gasteiger partial charge in [-0.2, -0.15) is 0 Å². The summed E-state index contributed by atoms with van der Waals surface area (Å²) >= 11 is 0. The van der Waals surface area contributed by atoms with Gasteiger partial charge in [-0.1, -0.05) is 0 Å². The molecule has 0 aromatic rings. The second-order valence-electron chi connectivity index (χ2n) is 4.40. The number of hydrogen-bond donors (Lipinski definition) is 2. The van der Waals surface area contributed by atoms with Crippen molar-refractivity contribution in [3.63, 3.8) is 0 Å². The number of halogens is 1. The summed E-state index contributed by atoms with van der Waals surface area (Å²) < 4.78 is 5.02. The van der Waals surface area contributed by atoms with Gasteiger partial charge in [0.15, 0.2) is 0 Å². The van der Waals surface area contributed by atoms with E-state index in [1.807, 2.05) is 0 Å². The van der Waals surface area contributed by atoms with Crippen LogP contribution in [-0.2, 0) is 9.53 Å². The molecule has 3 atom stereocenters. The Bertz CT molecular complexity index is 213. The highest BCUT2D eigenvalue weighted by atomic mass is 35.5. The Hall–Kier alpha value is -0.320. The molecule has 1 saturated carbocycles. The first kappa shape index (κ1) is 15.7. The van der Waals surface area contributed by atoms with Crippen molar-refractivity contribution in [2.75, 3.05) is 20.3 Å². The van der Waals surface area contributed by atoms with Crippen LogP contribution in [0.4, 0.5) is 0 Å². The van der Waals surface area contributed by atoms with Crippen molar-refractivity contribution < 1.29 is 14.6 Å². The number of rotatable bonds is 5. The van der Waals surface area contributed by atoms with Gasteiger partial charge in [0.2, 0.25) is 0 Å². The molecule has 0 aromatic heterocycles. The molecule has 0 bridgehead atoms. The third kappa shape index (κ3) is 4.28. The fraction of sp³-hybridized carbons (Fsp3) is 0.909. The summed E-state index contributed by atoms with van der Waals surface area (Å²) in [4.78, 5) is 11.1. The minimum atomic E-state index is -0.661. The van der Waals surface area contributed by atoms with Gasteiger partial charge in [-0.15, -0.1) is 12.4 Å². The first-order valence-electron chi connectivity index (χ1n) is 5.60. The fourth-order valence-corrected chi connectivity index (χ4v) is 2.49. The van der Waals surface area contributed by atoms with Crippen LogP contribution in [0.15, 0.2) is 0 Å². The van der Waals surface area contributed by atoms with Gasteiger partial charge in [-0.3, -0.25) is 4.79 Å². The summed E-state index contributed by atoms with van der Waals surface area (Å²) in [6, 6.07) is 0. The Morgan fingerprint density at radius 1 is 1.50 bits per heavy atom. The molecule has 1 unspecified atom stereocenters. The van der Waals surface area contributed by atoms with Crippen LogP contribution in [0.5, 0.6) is 0 Å². The molecule has 0 amide bonds. The Balaban J connectivity index is 0.00000225. The molecule has 5 heteroatoms. The lowest BCUT2D eigenvalue weighted by atomic mass is 9.73. The maximum Gasteiger partial charge on any atom is 0.306 e. The van der Waals surface area contributed by atoms with Gasteiger partial charge in [-0.05, 0) is 44.1 Å². The van der Waals surface area contributed by atoms with Gasteiger partial charge >= 0.3 is 5.97 Å². The SMILES string of the molecule is COCC[C@@H]1CC(CN)CC[C@H]1C(=O)O.Cl. The van der Waals surface area contributed by atoms with E-state index in [1.54, 1.807) is 7.11 Å². The number of carboxylic acids is 1. The van der Waals surface area contributed by atoms with Crippen molar-refractivity contribution in [2.45, 2.75) is 25.7 Å². The van der Waals surface area contributed by atoms with Gasteiger partial charge in [0.05, 0.1) is 5.92 Å². The average Bonchev–Trinajstić information content (AvgIpc) is 2.25. The summed E-state index contributed by atoms with van der Waals surface area (Å²) in [7, 11) is 1.65. The van der Waals surface area contributed by atoms with Crippen molar-refractivity contribution >= 4 is 18.4 Å². The second-order valence-corrected chi connectivity index (χ2v) is 4.40. The number of carboxylic acid groups (broad SMARTS) is 1. The molecule has 16 heavy (non-hydrogen) atoms. The van der Waals surface area contributed by atoms with E-state index in [0.717, 1.165) is 25.7 Å². The lowest BCUT2D eigenvalue weighted by molar-refractivity contribution is -0.145. The molecular formula is C11H22ClNO3. The Kier molecular flexibility index (Phi) is 7.72. The lowest BCUT2D eigenvalue weighted by Gasteiger charge is -2.33. The van der Waals surface area contributed by atoms with Gasteiger partial charge in [0.1, 0.15) is 0 Å². The number of nitrogens with two attached hydrogens (primary N) is 1. The molecule has 1 fully saturated rings. The fourth-order valence-electron chi connectivity index (χ4n) is 2.49. The number of aliphatic carboxylic acids is 1. The average molecular weight is 252 g/mol. The molecule has 1 aliphatic carbocycles. The molecule has 0 aromatic carbocycles. The summed E-state index contributed by atoms with van der Waals surface area (Å²) in [5, 5.41) is 9.09. The molecule has 0 radical (unpaired) electrons. The maximum absolute atomic E-state index is 11.1. The Labute approximate surface area is 103 Å². The van der Waals surface area contributed by atoms with Gasteiger partial charge in [0, 0.05) is 13.7 Å². The summed E-state index contributed by atoms with van der Waals surface area (Å²) in [6.45, 7) is 1.32. The molecule has 3 N–H and O–H groups in total. The number of methoxy groups -OCH3 is 1. The molecule has 96 valence electrons. The van der Waals surface area contributed by atoms with Crippen LogP contribution in [0.25, 0.3) is 0 Å². The van der Waals surface area contributed by atoms with Crippen LogP contribution >= 0.6 is 12.4 Å². The van der Waals surface area contributed by atoms with E-state index >= 15 is 0 Å². The first-order chi connectivity index (χ1) is 7.19. The number of ether oxygens (including phenoxy) is 1. The van der Waals surface area contributed by atoms with E-state index in [4.69, 9.17) is 15.6 Å². The van der Waals surface area contributed by atoms with Crippen molar-refractivity contribution in [2.24, 2.45) is 23.5 Å². The van der Waals surface area contributed by atoms with Crippen LogP contribution in [0, 0.1) is 17.8 Å². The predicted molar refractivity (Wildman–Crippen MR) is 64.8 cm³/mol. The van der Waals surface area contributed by atoms with Gasteiger partial charge in [0.25, 0.3) is 0 Å². The molecule has 4 nitrogen and oxygen atoms in total. The molecule has 1 rings (SSSR count). The molecule has 0 aliphatic heterocycles. The first-order valence-corrected chi connectivity index (χ1v) is 5.60. The van der Waals surface area contributed by atoms with Crippen molar-refractivity contribution in [3.05, 3.63) is 0 Å². The molecule has 0 spiro atoms. The molecular weight excluding hydrogens is 230 g/mol. The summed E-state index contributed by atoms with van der Waals surface area (Å²) in [6.07, 6.45) is 3.50. The molecule has 0 heterocycles. The Morgan fingerprint density at radius 3 is 2.69 bits per heavy atom. The van der Waals surface area contributed by atoms with Crippen LogP contribution in [0.3, 0.4) is 0 Å². The third-order valence-corrected chi connectivity index (χ3v) is 3.43. The van der Waals surface area contributed by atoms with E-state index < -0.39 is 5.97 Å². The van der Waals surface area contributed by atoms with Gasteiger partial charge < -0.3 is 15.6 Å². The van der Waals surface area contributed by atoms with Crippen molar-refractivity contribution in [1.82, 2.24) is 0 Å². The van der Waals surface area contributed by atoms with E-state index in [0.29, 0.717) is 19.1 Å². The normalized spacial score (nSPS) is 29.5. The second kappa shape index (κ2) is 7.87. The zero-order valence-electron chi connectivity index (χ0n) is 9.72. The molecule has 1 aliphatic rings. The van der Waals surface area contributed by atoms with Crippen molar-refractivity contribution in [1.29, 1.82) is 0 Å². The Morgan fingerprint density at radius 2 is 2.19 bits per heavy atom. The molecule has 0 saturated heterocycles. The van der Waals surface area contributed by atoms with Crippen molar-refractivity contribution in [3.8, 4) is 0 Å². The highest BCUT2D eigenvalue weighted by molar-refractivity contribution is 5.85. The van der Waals surface area contributed by atoms with E-state index in [9.17, 15) is 4.79 Å². The largest absolute Gasteiger partial charge is 0.481 e. The van der Waals surface area contributed by atoms with Crippen LogP contribution in [-0.4, -0.2) is 31.3 Å². The standard InChI is InChI=1S/C11H21NO3.ClH/c1-15-5-4-9-6-8(7-12)2-3-10(9)11(13)14;/h8-10H,2-7,12H2,1H3,(H,13,14);1H/t8?,9-,10-;/m1./s1. The quantitative estimate of drug-likeness (QED) is 0.777. The maximum atomic E-state index is 11.1. The zero-order chi connectivity index (χ0) is 11.3. The highest BCUT2D eigenvalue weighted by Crippen LogP contribution is 2.35.